The predicted molar refractivity (Wildman–Crippen MR) is 87.1 cm³/mol. The Morgan fingerprint density at radius 3 is 2.48 bits per heavy atom. The van der Waals surface area contributed by atoms with Crippen molar-refractivity contribution in [2.45, 2.75) is 24.5 Å². The molecule has 0 saturated carbocycles. The molecule has 0 fully saturated rings. The maximum Gasteiger partial charge on any atom is 0.336 e. The first-order chi connectivity index (χ1) is 9.88. The van der Waals surface area contributed by atoms with E-state index in [1.54, 1.807) is 12.1 Å². The monoisotopic (exact) mass is 366 g/mol. The number of aromatic carboxylic acids is 1. The Labute approximate surface area is 134 Å². The molecule has 0 aromatic heterocycles. The maximum atomic E-state index is 12.5. The van der Waals surface area contributed by atoms with Crippen LogP contribution in [0.2, 0.25) is 0 Å². The van der Waals surface area contributed by atoms with Crippen molar-refractivity contribution in [2.75, 3.05) is 0 Å². The van der Waals surface area contributed by atoms with Crippen LogP contribution < -0.4 is 0 Å². The van der Waals surface area contributed by atoms with Crippen LogP contribution in [-0.4, -0.2) is 15.3 Å². The summed E-state index contributed by atoms with van der Waals surface area (Å²) in [7, 11) is -1.40. The number of benzene rings is 2. The Morgan fingerprint density at radius 1 is 1.14 bits per heavy atom. The molecule has 2 aromatic carbocycles. The molecule has 21 heavy (non-hydrogen) atoms. The minimum atomic E-state index is -1.40. The van der Waals surface area contributed by atoms with Gasteiger partial charge in [-0.25, -0.2) is 4.79 Å². The van der Waals surface area contributed by atoms with Gasteiger partial charge in [0.05, 0.1) is 27.0 Å². The topological polar surface area (TPSA) is 54.4 Å². The average Bonchev–Trinajstić information content (AvgIpc) is 2.42. The summed E-state index contributed by atoms with van der Waals surface area (Å²) in [5.41, 5.74) is 3.34. The number of carboxylic acid groups (broad SMARTS) is 1. The maximum absolute atomic E-state index is 12.5. The highest BCUT2D eigenvalue weighted by Crippen LogP contribution is 2.23. The summed E-state index contributed by atoms with van der Waals surface area (Å²) in [5.74, 6) is -0.761. The lowest BCUT2D eigenvalue weighted by molar-refractivity contribution is 0.0693. The van der Waals surface area contributed by atoms with Crippen molar-refractivity contribution in [1.29, 1.82) is 0 Å². The van der Waals surface area contributed by atoms with E-state index in [9.17, 15) is 14.1 Å². The van der Waals surface area contributed by atoms with Crippen molar-refractivity contribution in [3.63, 3.8) is 0 Å². The van der Waals surface area contributed by atoms with Crippen LogP contribution in [0.4, 0.5) is 0 Å². The summed E-state index contributed by atoms with van der Waals surface area (Å²) in [6.45, 7) is 4.02. The van der Waals surface area contributed by atoms with Crippen molar-refractivity contribution in [1.82, 2.24) is 0 Å². The molecule has 1 N–H and O–H groups in total. The quantitative estimate of drug-likeness (QED) is 0.886. The predicted octanol–water partition coefficient (Wildman–Crippen LogP) is 4.07. The van der Waals surface area contributed by atoms with Gasteiger partial charge in [0.1, 0.15) is 0 Å². The first-order valence-corrected chi connectivity index (χ1v) is 8.47. The second kappa shape index (κ2) is 6.54. The van der Waals surface area contributed by atoms with Gasteiger partial charge in [0.2, 0.25) is 0 Å². The number of aryl methyl sites for hydroxylation is 2. The Bertz CT molecular complexity index is 725. The SMILES string of the molecule is Cc1ccc(CS(=O)c2cc(Br)ccc2C(=O)O)cc1C. The lowest BCUT2D eigenvalue weighted by Gasteiger charge is -2.08. The summed E-state index contributed by atoms with van der Waals surface area (Å²) in [4.78, 5) is 11.6. The number of hydrogen-bond acceptors (Lipinski definition) is 2. The molecule has 0 heterocycles. The summed E-state index contributed by atoms with van der Waals surface area (Å²) in [6.07, 6.45) is 0. The smallest absolute Gasteiger partial charge is 0.336 e. The second-order valence-electron chi connectivity index (χ2n) is 4.85. The van der Waals surface area contributed by atoms with Crippen LogP contribution in [0.1, 0.15) is 27.0 Å². The first-order valence-electron chi connectivity index (χ1n) is 6.36. The second-order valence-corrected chi connectivity index (χ2v) is 7.19. The molecule has 110 valence electrons. The molecule has 0 radical (unpaired) electrons. The standard InChI is InChI=1S/C16H15BrO3S/c1-10-3-4-12(7-11(10)2)9-21(20)15-8-13(17)5-6-14(15)16(18)19/h3-8H,9H2,1-2H3,(H,18,19). The van der Waals surface area contributed by atoms with Crippen LogP contribution in [0.25, 0.3) is 0 Å². The van der Waals surface area contributed by atoms with E-state index in [-0.39, 0.29) is 5.56 Å². The van der Waals surface area contributed by atoms with Crippen molar-refractivity contribution >= 4 is 32.7 Å². The van der Waals surface area contributed by atoms with Crippen molar-refractivity contribution in [3.05, 3.63) is 63.1 Å². The van der Waals surface area contributed by atoms with Gasteiger partial charge in [-0.3, -0.25) is 4.21 Å². The van der Waals surface area contributed by atoms with Gasteiger partial charge in [0, 0.05) is 4.47 Å². The van der Waals surface area contributed by atoms with Crippen LogP contribution in [0, 0.1) is 13.8 Å². The Balaban J connectivity index is 2.34. The Hall–Kier alpha value is -1.46. The molecule has 2 aromatic rings. The molecule has 0 spiro atoms. The molecule has 0 saturated heterocycles. The van der Waals surface area contributed by atoms with E-state index in [2.05, 4.69) is 15.9 Å². The fraction of sp³-hybridized carbons (Fsp3) is 0.188. The largest absolute Gasteiger partial charge is 0.478 e. The average molecular weight is 367 g/mol. The summed E-state index contributed by atoms with van der Waals surface area (Å²) < 4.78 is 13.2. The molecular weight excluding hydrogens is 352 g/mol. The highest BCUT2D eigenvalue weighted by Gasteiger charge is 2.16. The van der Waals surface area contributed by atoms with Gasteiger partial charge >= 0.3 is 5.97 Å². The van der Waals surface area contributed by atoms with Gasteiger partial charge in [-0.2, -0.15) is 0 Å². The first kappa shape index (κ1) is 15.9. The van der Waals surface area contributed by atoms with Crippen LogP contribution in [-0.2, 0) is 16.6 Å². The molecule has 5 heteroatoms. The van der Waals surface area contributed by atoms with E-state index in [1.807, 2.05) is 32.0 Å². The minimum Gasteiger partial charge on any atom is -0.478 e. The molecule has 1 unspecified atom stereocenters. The van der Waals surface area contributed by atoms with Crippen LogP contribution in [0.5, 0.6) is 0 Å². The van der Waals surface area contributed by atoms with Crippen molar-refractivity contribution in [2.24, 2.45) is 0 Å². The third kappa shape index (κ3) is 3.80. The fourth-order valence-corrected chi connectivity index (χ4v) is 3.79. The summed E-state index contributed by atoms with van der Waals surface area (Å²) >= 11 is 3.29. The number of rotatable bonds is 4. The third-order valence-corrected chi connectivity index (χ3v) is 5.21. The summed E-state index contributed by atoms with van der Waals surface area (Å²) in [5, 5.41) is 9.20. The highest BCUT2D eigenvalue weighted by atomic mass is 79.9. The van der Waals surface area contributed by atoms with E-state index >= 15 is 0 Å². The molecule has 0 aliphatic rings. The van der Waals surface area contributed by atoms with Crippen molar-refractivity contribution < 1.29 is 14.1 Å². The molecule has 2 rings (SSSR count). The number of carboxylic acids is 1. The number of hydrogen-bond donors (Lipinski definition) is 1. The van der Waals surface area contributed by atoms with Gasteiger partial charge in [0.15, 0.2) is 0 Å². The van der Waals surface area contributed by atoms with Gasteiger partial charge in [-0.15, -0.1) is 0 Å². The molecule has 1 atom stereocenters. The number of carbonyl (C=O) groups is 1. The molecule has 0 bridgehead atoms. The third-order valence-electron chi connectivity index (χ3n) is 3.29. The van der Waals surface area contributed by atoms with Crippen LogP contribution >= 0.6 is 15.9 Å². The fourth-order valence-electron chi connectivity index (χ4n) is 1.98. The van der Waals surface area contributed by atoms with E-state index in [1.165, 1.54) is 11.6 Å². The van der Waals surface area contributed by atoms with Crippen LogP contribution in [0.15, 0.2) is 45.8 Å². The van der Waals surface area contributed by atoms with E-state index in [4.69, 9.17) is 0 Å². The molecule has 0 aliphatic heterocycles. The lowest BCUT2D eigenvalue weighted by atomic mass is 10.1. The van der Waals surface area contributed by atoms with Gasteiger partial charge in [0.25, 0.3) is 0 Å². The Morgan fingerprint density at radius 2 is 1.86 bits per heavy atom. The normalized spacial score (nSPS) is 12.1. The zero-order valence-electron chi connectivity index (χ0n) is 11.7. The highest BCUT2D eigenvalue weighted by molar-refractivity contribution is 9.10. The minimum absolute atomic E-state index is 0.0837. The molecule has 0 amide bonds. The van der Waals surface area contributed by atoms with E-state index in [0.717, 1.165) is 15.6 Å². The molecule has 0 aliphatic carbocycles. The molecule has 3 nitrogen and oxygen atoms in total. The number of halogens is 1. The van der Waals surface area contributed by atoms with Crippen LogP contribution in [0.3, 0.4) is 0 Å². The lowest BCUT2D eigenvalue weighted by Crippen LogP contribution is -2.06. The zero-order chi connectivity index (χ0) is 15.6. The van der Waals surface area contributed by atoms with Gasteiger partial charge in [-0.05, 0) is 48.7 Å². The molecular formula is C16H15BrO3S. The summed E-state index contributed by atoms with van der Waals surface area (Å²) in [6, 6.07) is 10.6. The van der Waals surface area contributed by atoms with E-state index in [0.29, 0.717) is 10.6 Å². The van der Waals surface area contributed by atoms with Crippen molar-refractivity contribution in [3.8, 4) is 0 Å². The van der Waals surface area contributed by atoms with E-state index < -0.39 is 16.8 Å². The van der Waals surface area contributed by atoms with Gasteiger partial charge in [-0.1, -0.05) is 34.1 Å². The van der Waals surface area contributed by atoms with Gasteiger partial charge < -0.3 is 5.11 Å². The Kier molecular flexibility index (Phi) is 4.96. The zero-order valence-corrected chi connectivity index (χ0v) is 14.1.